The number of benzene rings is 2. The zero-order valence-electron chi connectivity index (χ0n) is 31.7. The van der Waals surface area contributed by atoms with Crippen molar-refractivity contribution in [3.8, 4) is 5.69 Å². The van der Waals surface area contributed by atoms with Crippen LogP contribution in [-0.2, 0) is 17.3 Å². The molecule has 13 heteroatoms. The summed E-state index contributed by atoms with van der Waals surface area (Å²) < 4.78 is 39.9. The van der Waals surface area contributed by atoms with Crippen LogP contribution in [0.25, 0.3) is 16.7 Å². The summed E-state index contributed by atoms with van der Waals surface area (Å²) in [5, 5.41) is 13.9. The number of alkyl halides is 3. The molecule has 10 nitrogen and oxygen atoms in total. The van der Waals surface area contributed by atoms with Gasteiger partial charge in [-0.2, -0.15) is 18.2 Å². The van der Waals surface area contributed by atoms with Gasteiger partial charge in [-0.25, -0.2) is 4.79 Å². The maximum Gasteiger partial charge on any atom is 0.418 e. The Kier molecular flexibility index (Phi) is 14.2. The monoisotopic (exact) mass is 726 g/mol. The minimum Gasteiger partial charge on any atom is -0.379 e. The molecule has 0 saturated heterocycles. The van der Waals surface area contributed by atoms with Crippen molar-refractivity contribution < 1.29 is 18.3 Å². The summed E-state index contributed by atoms with van der Waals surface area (Å²) in [6.07, 6.45) is -2.11. The van der Waals surface area contributed by atoms with E-state index in [0.717, 1.165) is 59.3 Å². The smallest absolute Gasteiger partial charge is 0.379 e. The largest absolute Gasteiger partial charge is 0.418 e. The molecule has 286 valence electrons. The van der Waals surface area contributed by atoms with Crippen LogP contribution in [0.2, 0.25) is 0 Å². The zero-order valence-corrected chi connectivity index (χ0v) is 31.7. The van der Waals surface area contributed by atoms with E-state index in [2.05, 4.69) is 54.0 Å². The number of nitrogens with zero attached hydrogens (tertiary/aromatic N) is 3. The van der Waals surface area contributed by atoms with Crippen molar-refractivity contribution in [2.24, 2.45) is 22.2 Å². The van der Waals surface area contributed by atoms with Gasteiger partial charge in [-0.05, 0) is 91.9 Å². The minimum atomic E-state index is -4.65. The Balaban J connectivity index is 0.000000295. The average Bonchev–Trinajstić information content (AvgIpc) is 3.46. The minimum absolute atomic E-state index is 0.0390. The van der Waals surface area contributed by atoms with Gasteiger partial charge in [0.05, 0.1) is 5.69 Å². The predicted molar refractivity (Wildman–Crippen MR) is 205 cm³/mol. The number of aromatic nitrogens is 3. The van der Waals surface area contributed by atoms with Gasteiger partial charge in [-0.3, -0.25) is 9.56 Å². The Hall–Kier alpha value is -4.20. The molecule has 4 rings (SSSR count). The second kappa shape index (κ2) is 17.5. The van der Waals surface area contributed by atoms with Gasteiger partial charge in [-0.1, -0.05) is 71.9 Å². The van der Waals surface area contributed by atoms with Crippen LogP contribution in [-0.4, -0.2) is 50.9 Å². The Morgan fingerprint density at radius 2 is 1.62 bits per heavy atom. The van der Waals surface area contributed by atoms with Crippen LogP contribution < -0.4 is 28.2 Å². The molecule has 0 aliphatic rings. The third-order valence-corrected chi connectivity index (χ3v) is 8.70. The number of halogens is 3. The molecule has 0 bridgehead atoms. The standard InChI is InChI=1S/C22H31N7O.C17H26F3NO/c1-14(25-10-5-11-26-20(23)24)15-6-8-17(9-7-15)29-13-16-12-18(22(2,3)4)27-19(16)28-21(29)30;1-11(21)6-5-7-12-8-13(15(22)17(18,19)20)10-14(9-12)16(2,3)4/h6-9,12-14,25H,5,10-11H2,1-4H3,(H4,23,24,26)(H,27,28,30);8-11,15,22H,5-7,21H2,1-4H3/t14-;11-,15?/m00/s1. The summed E-state index contributed by atoms with van der Waals surface area (Å²) in [6.45, 7) is 17.6. The predicted octanol–water partition coefficient (Wildman–Crippen LogP) is 6.58. The molecule has 4 aromatic rings. The highest BCUT2D eigenvalue weighted by atomic mass is 19.4. The quantitative estimate of drug-likeness (QED) is 0.0544. The topological polar surface area (TPSA) is 173 Å². The van der Waals surface area contributed by atoms with Crippen molar-refractivity contribution in [3.05, 3.63) is 93.2 Å². The van der Waals surface area contributed by atoms with Gasteiger partial charge in [0.15, 0.2) is 12.1 Å². The van der Waals surface area contributed by atoms with E-state index in [9.17, 15) is 23.1 Å². The molecule has 2 aromatic carbocycles. The van der Waals surface area contributed by atoms with Crippen molar-refractivity contribution in [2.75, 3.05) is 13.1 Å². The molecule has 1 unspecified atom stereocenters. The zero-order chi connectivity index (χ0) is 39.0. The summed E-state index contributed by atoms with van der Waals surface area (Å²) in [6, 6.07) is 15.1. The molecule has 0 amide bonds. The molecule has 2 heterocycles. The first-order chi connectivity index (χ1) is 24.1. The lowest BCUT2D eigenvalue weighted by Crippen LogP contribution is -2.24. The summed E-state index contributed by atoms with van der Waals surface area (Å²) >= 11 is 0. The van der Waals surface area contributed by atoms with E-state index in [4.69, 9.17) is 17.2 Å². The Labute approximate surface area is 305 Å². The number of nitrogens with two attached hydrogens (primary N) is 3. The van der Waals surface area contributed by atoms with Gasteiger partial charge >= 0.3 is 11.9 Å². The molecule has 0 aliphatic heterocycles. The van der Waals surface area contributed by atoms with E-state index in [-0.39, 0.29) is 40.1 Å². The van der Waals surface area contributed by atoms with E-state index >= 15 is 0 Å². The maximum absolute atomic E-state index is 12.8. The third kappa shape index (κ3) is 12.5. The Bertz CT molecular complexity index is 1830. The number of hydrogen-bond donors (Lipinski definition) is 6. The first-order valence-corrected chi connectivity index (χ1v) is 17.7. The average molecular weight is 727 g/mol. The molecular formula is C39H57F3N8O2. The lowest BCUT2D eigenvalue weighted by molar-refractivity contribution is -0.206. The summed E-state index contributed by atoms with van der Waals surface area (Å²) in [5.41, 5.74) is 20.9. The number of rotatable bonds is 12. The van der Waals surface area contributed by atoms with E-state index in [1.54, 1.807) is 4.57 Å². The van der Waals surface area contributed by atoms with E-state index in [1.165, 1.54) is 12.1 Å². The van der Waals surface area contributed by atoms with E-state index in [0.29, 0.717) is 18.6 Å². The normalized spacial score (nSPS) is 14.0. The van der Waals surface area contributed by atoms with Crippen LogP contribution >= 0.6 is 0 Å². The molecule has 0 aliphatic carbocycles. The van der Waals surface area contributed by atoms with Crippen molar-refractivity contribution in [1.82, 2.24) is 19.9 Å². The third-order valence-electron chi connectivity index (χ3n) is 8.70. The molecular weight excluding hydrogens is 669 g/mol. The lowest BCUT2D eigenvalue weighted by Gasteiger charge is -2.23. The summed E-state index contributed by atoms with van der Waals surface area (Å²) in [7, 11) is 0. The molecule has 52 heavy (non-hydrogen) atoms. The second-order valence-electron chi connectivity index (χ2n) is 15.6. The van der Waals surface area contributed by atoms with Crippen molar-refractivity contribution in [3.63, 3.8) is 0 Å². The van der Waals surface area contributed by atoms with Gasteiger partial charge in [0.25, 0.3) is 0 Å². The number of aliphatic hydroxyl groups is 1. The van der Waals surface area contributed by atoms with Crippen molar-refractivity contribution >= 4 is 17.0 Å². The number of hydrogen-bond acceptors (Lipinski definition) is 6. The number of guanidine groups is 1. The Morgan fingerprint density at radius 1 is 0.962 bits per heavy atom. The summed E-state index contributed by atoms with van der Waals surface area (Å²) in [4.78, 5) is 24.0. The van der Waals surface area contributed by atoms with Crippen LogP contribution in [0.4, 0.5) is 13.2 Å². The number of nitrogens with one attached hydrogen (secondary N) is 2. The van der Waals surface area contributed by atoms with E-state index < -0.39 is 12.3 Å². The van der Waals surface area contributed by atoms with Crippen LogP contribution in [0.15, 0.2) is 64.5 Å². The van der Waals surface area contributed by atoms with Crippen LogP contribution in [0.5, 0.6) is 0 Å². The molecule has 3 atom stereocenters. The van der Waals surface area contributed by atoms with Gasteiger partial charge in [0.1, 0.15) is 5.65 Å². The van der Waals surface area contributed by atoms with Gasteiger partial charge in [-0.15, -0.1) is 0 Å². The maximum atomic E-state index is 12.8. The Morgan fingerprint density at radius 3 is 2.17 bits per heavy atom. The number of aromatic amines is 1. The fourth-order valence-corrected chi connectivity index (χ4v) is 5.50. The molecule has 9 N–H and O–H groups in total. The highest BCUT2D eigenvalue weighted by Gasteiger charge is 2.39. The highest BCUT2D eigenvalue weighted by Crippen LogP contribution is 2.35. The number of aryl methyl sites for hydroxylation is 1. The fourth-order valence-electron chi connectivity index (χ4n) is 5.50. The lowest BCUT2D eigenvalue weighted by atomic mass is 9.83. The van der Waals surface area contributed by atoms with Gasteiger partial charge in [0, 0.05) is 41.3 Å². The highest BCUT2D eigenvalue weighted by molar-refractivity contribution is 5.76. The number of aliphatic hydroxyl groups excluding tert-OH is 1. The van der Waals surface area contributed by atoms with Crippen molar-refractivity contribution in [1.29, 1.82) is 0 Å². The first-order valence-electron chi connectivity index (χ1n) is 17.7. The summed E-state index contributed by atoms with van der Waals surface area (Å²) in [5.74, 6) is 0.121. The number of aliphatic imine (C=N–C) groups is 1. The van der Waals surface area contributed by atoms with Gasteiger partial charge < -0.3 is 32.6 Å². The fraction of sp³-hybridized carbons (Fsp3) is 0.513. The number of fused-ring (bicyclic) bond motifs is 1. The molecule has 2 aromatic heterocycles. The second-order valence-corrected chi connectivity index (χ2v) is 15.6. The molecule has 0 saturated carbocycles. The van der Waals surface area contributed by atoms with Crippen LogP contribution in [0.1, 0.15) is 115 Å². The molecule has 0 radical (unpaired) electrons. The van der Waals surface area contributed by atoms with Crippen LogP contribution in [0, 0.1) is 0 Å². The molecule has 0 spiro atoms. The van der Waals surface area contributed by atoms with Crippen LogP contribution in [0.3, 0.4) is 0 Å². The van der Waals surface area contributed by atoms with E-state index in [1.807, 2.05) is 64.2 Å². The van der Waals surface area contributed by atoms with Gasteiger partial charge in [0.2, 0.25) is 0 Å². The SMILES string of the molecule is C[C@H](N)CCCc1cc(C(O)C(F)(F)F)cc(C(C)(C)C)c1.C[C@H](NCCCN=C(N)N)c1ccc(-n2cc3cc(C(C)(C)C)[nH]c3nc2=O)cc1. The molecule has 0 fully saturated rings. The van der Waals surface area contributed by atoms with Crippen molar-refractivity contribution in [2.45, 2.75) is 116 Å². The first kappa shape index (κ1) is 42.2. The number of H-pyrrole nitrogens is 1.